The molecule has 1 fully saturated rings. The van der Waals surface area contributed by atoms with Crippen molar-refractivity contribution in [2.45, 2.75) is 182 Å². The molecule has 0 radical (unpaired) electrons. The molecule has 358 valence electrons. The predicted octanol–water partition coefficient (Wildman–Crippen LogP) is 16.2. The Balaban J connectivity index is 1.29. The van der Waals surface area contributed by atoms with Crippen LogP contribution < -0.4 is 31.1 Å². The highest BCUT2D eigenvalue weighted by molar-refractivity contribution is 7.00. The highest BCUT2D eigenvalue weighted by Crippen LogP contribution is 2.67. The molecule has 0 spiro atoms. The Kier molecular flexibility index (Phi) is 10.3. The Morgan fingerprint density at radius 1 is 0.391 bits per heavy atom. The second-order valence-electron chi connectivity index (χ2n) is 28.1. The van der Waals surface area contributed by atoms with E-state index in [2.05, 4.69) is 262 Å². The van der Waals surface area contributed by atoms with Gasteiger partial charge in [0.15, 0.2) is 0 Å². The van der Waals surface area contributed by atoms with E-state index in [-0.39, 0.29) is 50.2 Å². The van der Waals surface area contributed by atoms with E-state index in [0.717, 1.165) is 12.8 Å². The first-order valence-electron chi connectivity index (χ1n) is 26.1. The lowest BCUT2D eigenvalue weighted by atomic mass is 9.33. The van der Waals surface area contributed by atoms with E-state index in [9.17, 15) is 0 Å². The maximum absolute atomic E-state index is 2.78. The van der Waals surface area contributed by atoms with Gasteiger partial charge in [-0.1, -0.05) is 179 Å². The molecule has 3 aliphatic heterocycles. The summed E-state index contributed by atoms with van der Waals surface area (Å²) in [7, 11) is 0. The van der Waals surface area contributed by atoms with Gasteiger partial charge in [0.2, 0.25) is 0 Å². The zero-order valence-corrected chi connectivity index (χ0v) is 45.8. The van der Waals surface area contributed by atoms with Gasteiger partial charge in [0, 0.05) is 50.9 Å². The Bertz CT molecular complexity index is 3050. The van der Waals surface area contributed by atoms with Crippen molar-refractivity contribution in [2.24, 2.45) is 5.41 Å². The highest BCUT2D eigenvalue weighted by Gasteiger charge is 2.64. The zero-order valence-electron chi connectivity index (χ0n) is 45.8. The number of nitrogens with zero attached hydrogens (tertiary/aromatic N) is 3. The molecule has 2 atom stereocenters. The molecule has 6 aromatic rings. The van der Waals surface area contributed by atoms with E-state index in [0.29, 0.717) is 0 Å². The molecule has 4 heteroatoms. The topological polar surface area (TPSA) is 9.72 Å². The van der Waals surface area contributed by atoms with Crippen molar-refractivity contribution >= 4 is 68.6 Å². The molecule has 4 aliphatic rings. The van der Waals surface area contributed by atoms with Crippen molar-refractivity contribution < 1.29 is 0 Å². The summed E-state index contributed by atoms with van der Waals surface area (Å²) >= 11 is 0. The second-order valence-corrected chi connectivity index (χ2v) is 28.1. The number of rotatable bonds is 3. The molecule has 3 heterocycles. The summed E-state index contributed by atoms with van der Waals surface area (Å²) in [5, 5.41) is 0. The summed E-state index contributed by atoms with van der Waals surface area (Å²) in [5.41, 5.74) is 22.5. The number of hydrogen-bond donors (Lipinski definition) is 0. The third-order valence-corrected chi connectivity index (χ3v) is 17.0. The van der Waals surface area contributed by atoms with Gasteiger partial charge in [-0.15, -0.1) is 0 Å². The van der Waals surface area contributed by atoms with Crippen LogP contribution in [-0.4, -0.2) is 12.3 Å². The average molecular weight is 914 g/mol. The fourth-order valence-electron chi connectivity index (χ4n) is 13.2. The van der Waals surface area contributed by atoms with Crippen LogP contribution in [-0.2, 0) is 32.5 Å². The van der Waals surface area contributed by atoms with Gasteiger partial charge < -0.3 is 14.7 Å². The maximum atomic E-state index is 2.78. The van der Waals surface area contributed by atoms with Crippen LogP contribution in [0.15, 0.2) is 115 Å². The number of anilines is 8. The molecule has 10 rings (SSSR count). The largest absolute Gasteiger partial charge is 0.334 e. The first-order chi connectivity index (χ1) is 31.8. The predicted molar refractivity (Wildman–Crippen MR) is 301 cm³/mol. The van der Waals surface area contributed by atoms with E-state index >= 15 is 0 Å². The quantitative estimate of drug-likeness (QED) is 0.164. The third kappa shape index (κ3) is 7.42. The van der Waals surface area contributed by atoms with Crippen LogP contribution >= 0.6 is 0 Å². The SMILES string of the molecule is CC1(C)CC2(C)c3cc(C(C)(C)C)ccc3N(c3ccc4c(c3)N(c3ccc(C(C)(C)C)cc3)c3cc(C(C)(C)C)cc5c3B4c3ccc(C(C)(C)C)cc3N5c3cccc(C(C)(C)C)c3)C2(C)C1. The summed E-state index contributed by atoms with van der Waals surface area (Å²) in [4.78, 5) is 8.06. The van der Waals surface area contributed by atoms with Crippen LogP contribution in [0.2, 0.25) is 0 Å². The van der Waals surface area contributed by atoms with Crippen molar-refractivity contribution in [3.05, 3.63) is 149 Å². The molecule has 0 saturated heterocycles. The smallest absolute Gasteiger partial charge is 0.252 e. The van der Waals surface area contributed by atoms with Crippen LogP contribution in [0.25, 0.3) is 0 Å². The number of hydrogen-bond acceptors (Lipinski definition) is 3. The van der Waals surface area contributed by atoms with Gasteiger partial charge >= 0.3 is 0 Å². The van der Waals surface area contributed by atoms with Gasteiger partial charge in [-0.25, -0.2) is 0 Å². The Morgan fingerprint density at radius 3 is 1.43 bits per heavy atom. The van der Waals surface area contributed by atoms with Gasteiger partial charge in [-0.05, 0) is 163 Å². The molecule has 1 saturated carbocycles. The molecule has 3 nitrogen and oxygen atoms in total. The van der Waals surface area contributed by atoms with E-state index in [1.807, 2.05) is 0 Å². The maximum Gasteiger partial charge on any atom is 0.252 e. The third-order valence-electron chi connectivity index (χ3n) is 17.0. The van der Waals surface area contributed by atoms with E-state index in [1.165, 1.54) is 95.3 Å². The fraction of sp³-hybridized carbons (Fsp3) is 0.446. The summed E-state index contributed by atoms with van der Waals surface area (Å²) < 4.78 is 0. The Morgan fingerprint density at radius 2 is 0.855 bits per heavy atom. The minimum atomic E-state index is -0.120. The van der Waals surface area contributed by atoms with E-state index in [1.54, 1.807) is 0 Å². The Labute approximate surface area is 417 Å². The van der Waals surface area contributed by atoms with Gasteiger partial charge in [0.25, 0.3) is 6.71 Å². The molecular weight excluding hydrogens is 834 g/mol. The number of benzene rings is 6. The summed E-state index contributed by atoms with van der Waals surface area (Å²) in [6.45, 7) is 45.4. The van der Waals surface area contributed by atoms with Crippen molar-refractivity contribution in [1.29, 1.82) is 0 Å². The van der Waals surface area contributed by atoms with Crippen LogP contribution in [0.4, 0.5) is 45.5 Å². The average Bonchev–Trinajstić information content (AvgIpc) is 3.55. The standard InChI is InChI=1S/C65H80BN3/c1-58(2,3)41-23-27-46(28-24-41)67-54-38-48(69-52-32-26-43(60(7,8)9)34-49(52)64(18)39-63(16,17)40-65(64,69)19)29-31-51(54)66-50-30-25-44(61(10,11)12)35-53(50)68(47-22-20-21-42(33-47)59(4,5)6)56-37-45(62(13,14)15)36-55(67)57(56)66/h20-38H,39-40H2,1-19H3. The fourth-order valence-corrected chi connectivity index (χ4v) is 13.2. The lowest BCUT2D eigenvalue weighted by Crippen LogP contribution is -2.61. The van der Waals surface area contributed by atoms with Gasteiger partial charge in [-0.2, -0.15) is 0 Å². The summed E-state index contributed by atoms with van der Waals surface area (Å²) in [6.07, 6.45) is 2.27. The van der Waals surface area contributed by atoms with E-state index < -0.39 is 0 Å². The van der Waals surface area contributed by atoms with Crippen molar-refractivity contribution in [3.8, 4) is 0 Å². The van der Waals surface area contributed by atoms with Crippen molar-refractivity contribution in [1.82, 2.24) is 0 Å². The van der Waals surface area contributed by atoms with Gasteiger partial charge in [-0.3, -0.25) is 0 Å². The highest BCUT2D eigenvalue weighted by atomic mass is 15.3. The van der Waals surface area contributed by atoms with Gasteiger partial charge in [0.05, 0.1) is 5.54 Å². The molecule has 0 amide bonds. The molecular formula is C65H80BN3. The molecule has 6 aromatic carbocycles. The number of fused-ring (bicyclic) bond motifs is 7. The first-order valence-corrected chi connectivity index (χ1v) is 26.1. The van der Waals surface area contributed by atoms with Crippen LogP contribution in [0.1, 0.15) is 178 Å². The molecule has 69 heavy (non-hydrogen) atoms. The monoisotopic (exact) mass is 914 g/mol. The zero-order chi connectivity index (χ0) is 50.0. The summed E-state index contributed by atoms with van der Waals surface area (Å²) in [5.74, 6) is 0. The minimum Gasteiger partial charge on any atom is -0.334 e. The Hall–Kier alpha value is -5.22. The van der Waals surface area contributed by atoms with Gasteiger partial charge in [0.1, 0.15) is 0 Å². The van der Waals surface area contributed by atoms with Crippen LogP contribution in [0.3, 0.4) is 0 Å². The first kappa shape index (κ1) is 47.5. The molecule has 2 unspecified atom stereocenters. The molecule has 0 bridgehead atoms. The second kappa shape index (κ2) is 14.9. The van der Waals surface area contributed by atoms with Crippen molar-refractivity contribution in [2.75, 3.05) is 14.7 Å². The molecule has 0 aromatic heterocycles. The van der Waals surface area contributed by atoms with Crippen LogP contribution in [0.5, 0.6) is 0 Å². The minimum absolute atomic E-state index is 0.00272. The van der Waals surface area contributed by atoms with E-state index in [4.69, 9.17) is 0 Å². The normalized spacial score (nSPS) is 20.7. The molecule has 0 N–H and O–H groups in total. The molecule has 1 aliphatic carbocycles. The van der Waals surface area contributed by atoms with Crippen molar-refractivity contribution in [3.63, 3.8) is 0 Å². The summed E-state index contributed by atoms with van der Waals surface area (Å²) in [6, 6.07) is 46.4. The van der Waals surface area contributed by atoms with Crippen LogP contribution in [0, 0.1) is 5.41 Å². The lowest BCUT2D eigenvalue weighted by Gasteiger charge is -2.46. The lowest BCUT2D eigenvalue weighted by molar-refractivity contribution is 0.330.